The molecule has 0 spiro atoms. The van der Waals surface area contributed by atoms with Gasteiger partial charge in [-0.3, -0.25) is 4.57 Å². The van der Waals surface area contributed by atoms with Gasteiger partial charge < -0.3 is 15.5 Å². The van der Waals surface area contributed by atoms with Crippen LogP contribution in [0.15, 0.2) is 47.7 Å². The normalized spacial score (nSPS) is 11.7. The first-order valence-electron chi connectivity index (χ1n) is 9.27. The average Bonchev–Trinajstić information content (AvgIpc) is 3.15. The number of halogens is 2. The molecular weight excluding hydrogens is 350 g/mol. The molecule has 2 rings (SSSR count). The van der Waals surface area contributed by atoms with E-state index in [2.05, 4.69) is 44.6 Å². The van der Waals surface area contributed by atoms with Crippen molar-refractivity contribution in [2.75, 3.05) is 31.1 Å². The lowest BCUT2D eigenvalue weighted by Crippen LogP contribution is -2.39. The third-order valence-electron chi connectivity index (χ3n) is 4.08. The third kappa shape index (κ3) is 6.54. The molecular formula is C19H28F2N6. The summed E-state index contributed by atoms with van der Waals surface area (Å²) in [6, 6.07) is 10.3. The van der Waals surface area contributed by atoms with Crippen LogP contribution >= 0.6 is 0 Å². The van der Waals surface area contributed by atoms with Crippen molar-refractivity contribution < 1.29 is 8.78 Å². The summed E-state index contributed by atoms with van der Waals surface area (Å²) in [5, 5.41) is 6.38. The molecule has 0 amide bonds. The standard InChI is InChI=1S/C19H28F2N6/c1-3-22-19(25-15-17-23-12-14-27(17)18(20)21)24-11-8-13-26(4-2)16-9-6-5-7-10-16/h5-7,9-10,12,14,18H,3-4,8,11,13,15H2,1-2H3,(H2,22,24,25). The van der Waals surface area contributed by atoms with Crippen LogP contribution < -0.4 is 15.5 Å². The van der Waals surface area contributed by atoms with Crippen LogP contribution in [0, 0.1) is 0 Å². The van der Waals surface area contributed by atoms with E-state index in [9.17, 15) is 8.78 Å². The summed E-state index contributed by atoms with van der Waals surface area (Å²) in [6.07, 6.45) is 3.55. The van der Waals surface area contributed by atoms with E-state index in [1.165, 1.54) is 18.1 Å². The van der Waals surface area contributed by atoms with Crippen LogP contribution in [-0.4, -0.2) is 41.7 Å². The second-order valence-corrected chi connectivity index (χ2v) is 5.92. The Hall–Kier alpha value is -2.64. The molecule has 1 aromatic heterocycles. The monoisotopic (exact) mass is 378 g/mol. The van der Waals surface area contributed by atoms with Crippen molar-refractivity contribution in [1.29, 1.82) is 0 Å². The molecule has 1 heterocycles. The number of para-hydroxylation sites is 1. The predicted molar refractivity (Wildman–Crippen MR) is 105 cm³/mol. The molecule has 2 aromatic rings. The van der Waals surface area contributed by atoms with Crippen LogP contribution in [0.5, 0.6) is 0 Å². The maximum absolute atomic E-state index is 12.9. The second kappa shape index (κ2) is 11.2. The second-order valence-electron chi connectivity index (χ2n) is 5.92. The number of aromatic nitrogens is 2. The Labute approximate surface area is 159 Å². The van der Waals surface area contributed by atoms with Crippen LogP contribution in [0.3, 0.4) is 0 Å². The highest BCUT2D eigenvalue weighted by Gasteiger charge is 2.11. The van der Waals surface area contributed by atoms with Crippen molar-refractivity contribution >= 4 is 11.6 Å². The van der Waals surface area contributed by atoms with Gasteiger partial charge >= 0.3 is 6.55 Å². The lowest BCUT2D eigenvalue weighted by molar-refractivity contribution is 0.0671. The molecule has 0 aliphatic heterocycles. The van der Waals surface area contributed by atoms with Gasteiger partial charge in [-0.25, -0.2) is 9.98 Å². The summed E-state index contributed by atoms with van der Waals surface area (Å²) in [5.41, 5.74) is 1.21. The maximum atomic E-state index is 12.9. The smallest absolute Gasteiger partial charge is 0.319 e. The number of hydrogen-bond donors (Lipinski definition) is 2. The predicted octanol–water partition coefficient (Wildman–Crippen LogP) is 3.25. The molecule has 2 N–H and O–H groups in total. The number of anilines is 1. The summed E-state index contributed by atoms with van der Waals surface area (Å²) in [4.78, 5) is 10.6. The molecule has 0 bridgehead atoms. The SMILES string of the molecule is CCNC(=NCc1nccn1C(F)F)NCCCN(CC)c1ccccc1. The molecule has 0 saturated heterocycles. The van der Waals surface area contributed by atoms with E-state index < -0.39 is 6.55 Å². The van der Waals surface area contributed by atoms with Gasteiger partial charge in [-0.1, -0.05) is 18.2 Å². The van der Waals surface area contributed by atoms with Gasteiger partial charge in [-0.15, -0.1) is 0 Å². The summed E-state index contributed by atoms with van der Waals surface area (Å²) < 4.78 is 26.6. The van der Waals surface area contributed by atoms with E-state index >= 15 is 0 Å². The number of imidazole rings is 1. The number of hydrogen-bond acceptors (Lipinski definition) is 3. The van der Waals surface area contributed by atoms with Gasteiger partial charge in [0.2, 0.25) is 0 Å². The molecule has 27 heavy (non-hydrogen) atoms. The minimum atomic E-state index is -2.61. The summed E-state index contributed by atoms with van der Waals surface area (Å²) in [5.74, 6) is 0.840. The van der Waals surface area contributed by atoms with Gasteiger partial charge in [0.25, 0.3) is 0 Å². The largest absolute Gasteiger partial charge is 0.372 e. The molecule has 0 radical (unpaired) electrons. The van der Waals surface area contributed by atoms with E-state index in [0.717, 1.165) is 30.6 Å². The van der Waals surface area contributed by atoms with E-state index in [1.807, 2.05) is 25.1 Å². The Morgan fingerprint density at radius 3 is 2.67 bits per heavy atom. The van der Waals surface area contributed by atoms with Crippen LogP contribution in [0.4, 0.5) is 14.5 Å². The number of nitrogens with zero attached hydrogens (tertiary/aromatic N) is 4. The molecule has 0 saturated carbocycles. The van der Waals surface area contributed by atoms with Gasteiger partial charge in [-0.2, -0.15) is 8.78 Å². The van der Waals surface area contributed by atoms with Gasteiger partial charge in [0.05, 0.1) is 0 Å². The number of aliphatic imine (C=N–C) groups is 1. The van der Waals surface area contributed by atoms with Crippen molar-refractivity contribution in [1.82, 2.24) is 20.2 Å². The quantitative estimate of drug-likeness (QED) is 0.379. The molecule has 148 valence electrons. The summed E-state index contributed by atoms with van der Waals surface area (Å²) in [7, 11) is 0. The Balaban J connectivity index is 1.84. The fourth-order valence-corrected chi connectivity index (χ4v) is 2.72. The topological polar surface area (TPSA) is 57.5 Å². The highest BCUT2D eigenvalue weighted by Crippen LogP contribution is 2.13. The molecule has 0 fully saturated rings. The van der Waals surface area contributed by atoms with E-state index in [4.69, 9.17) is 0 Å². The summed E-state index contributed by atoms with van der Waals surface area (Å²) in [6.45, 7) is 4.88. The number of rotatable bonds is 10. The Morgan fingerprint density at radius 1 is 1.22 bits per heavy atom. The fourth-order valence-electron chi connectivity index (χ4n) is 2.72. The molecule has 8 heteroatoms. The first-order valence-corrected chi connectivity index (χ1v) is 9.27. The van der Waals surface area contributed by atoms with Gasteiger partial charge in [-0.05, 0) is 32.4 Å². The van der Waals surface area contributed by atoms with E-state index in [-0.39, 0.29) is 12.4 Å². The Morgan fingerprint density at radius 2 is 2.00 bits per heavy atom. The zero-order valence-corrected chi connectivity index (χ0v) is 15.9. The van der Waals surface area contributed by atoms with Crippen molar-refractivity contribution in [3.8, 4) is 0 Å². The lowest BCUT2D eigenvalue weighted by Gasteiger charge is -2.23. The van der Waals surface area contributed by atoms with Crippen molar-refractivity contribution in [2.24, 2.45) is 4.99 Å². The zero-order valence-electron chi connectivity index (χ0n) is 15.9. The minimum Gasteiger partial charge on any atom is -0.372 e. The highest BCUT2D eigenvalue weighted by atomic mass is 19.3. The van der Waals surface area contributed by atoms with Gasteiger partial charge in [0.15, 0.2) is 5.96 Å². The first-order chi connectivity index (χ1) is 13.2. The van der Waals surface area contributed by atoms with E-state index in [1.54, 1.807) is 0 Å². The number of guanidine groups is 1. The zero-order chi connectivity index (χ0) is 19.5. The van der Waals surface area contributed by atoms with Gasteiger partial charge in [0, 0.05) is 44.3 Å². The Bertz CT molecular complexity index is 687. The highest BCUT2D eigenvalue weighted by molar-refractivity contribution is 5.79. The molecule has 0 unspecified atom stereocenters. The molecule has 0 aliphatic carbocycles. The number of benzene rings is 1. The fraction of sp³-hybridized carbons (Fsp3) is 0.474. The van der Waals surface area contributed by atoms with Crippen LogP contribution in [0.1, 0.15) is 32.6 Å². The molecule has 1 aromatic carbocycles. The van der Waals surface area contributed by atoms with Crippen LogP contribution in [0.25, 0.3) is 0 Å². The molecule has 0 atom stereocenters. The van der Waals surface area contributed by atoms with Crippen molar-refractivity contribution in [3.63, 3.8) is 0 Å². The maximum Gasteiger partial charge on any atom is 0.319 e. The third-order valence-corrected chi connectivity index (χ3v) is 4.08. The van der Waals surface area contributed by atoms with Gasteiger partial charge in [0.1, 0.15) is 12.4 Å². The van der Waals surface area contributed by atoms with E-state index in [0.29, 0.717) is 12.5 Å². The summed E-state index contributed by atoms with van der Waals surface area (Å²) >= 11 is 0. The van der Waals surface area contributed by atoms with Crippen LogP contribution in [-0.2, 0) is 6.54 Å². The van der Waals surface area contributed by atoms with Crippen molar-refractivity contribution in [2.45, 2.75) is 33.4 Å². The minimum absolute atomic E-state index is 0.0950. The lowest BCUT2D eigenvalue weighted by atomic mass is 10.2. The number of alkyl halides is 2. The van der Waals surface area contributed by atoms with Crippen molar-refractivity contribution in [3.05, 3.63) is 48.5 Å². The molecule has 0 aliphatic rings. The Kier molecular flexibility index (Phi) is 8.54. The number of nitrogens with one attached hydrogen (secondary N) is 2. The first kappa shape index (κ1) is 20.7. The average molecular weight is 378 g/mol. The van der Waals surface area contributed by atoms with Crippen LogP contribution in [0.2, 0.25) is 0 Å². The molecule has 6 nitrogen and oxygen atoms in total.